The maximum atomic E-state index is 12.1. The molecule has 0 amide bonds. The molecule has 0 aliphatic rings. The van der Waals surface area contributed by atoms with E-state index in [0.717, 1.165) is 6.20 Å². The number of nitrogens with one attached hydrogen (secondary N) is 1. The lowest BCUT2D eigenvalue weighted by atomic mass is 10.4. The topological polar surface area (TPSA) is 42.0 Å². The second-order valence-corrected chi connectivity index (χ2v) is 3.55. The van der Waals surface area contributed by atoms with Gasteiger partial charge in [0.15, 0.2) is 5.13 Å². The number of rotatable bonds is 4. The van der Waals surface area contributed by atoms with Crippen molar-refractivity contribution in [3.8, 4) is 0 Å². The molecular weight excluding hydrogens is 234 g/mol. The number of thiazole rings is 1. The van der Waals surface area contributed by atoms with E-state index in [9.17, 15) is 13.6 Å². The van der Waals surface area contributed by atoms with Gasteiger partial charge in [0, 0.05) is 23.9 Å². The van der Waals surface area contributed by atoms with Crippen molar-refractivity contribution in [1.82, 2.24) is 4.98 Å². The molecule has 1 heterocycles. The Kier molecular flexibility index (Phi) is 3.54. The van der Waals surface area contributed by atoms with Crippen LogP contribution in [0.4, 0.5) is 13.9 Å². The van der Waals surface area contributed by atoms with Gasteiger partial charge in [0.25, 0.3) is 0 Å². The average Bonchev–Trinajstić information content (AvgIpc) is 2.55. The van der Waals surface area contributed by atoms with Crippen molar-refractivity contribution in [3.05, 3.63) is 23.9 Å². The molecule has 3 nitrogen and oxygen atoms in total. The predicted molar refractivity (Wildman–Crippen MR) is 50.7 cm³/mol. The summed E-state index contributed by atoms with van der Waals surface area (Å²) in [7, 11) is 0. The first-order chi connectivity index (χ1) is 6.50. The van der Waals surface area contributed by atoms with Crippen LogP contribution in [-0.4, -0.2) is 16.1 Å². The predicted octanol–water partition coefficient (Wildman–Crippen LogP) is 2.47. The van der Waals surface area contributed by atoms with Gasteiger partial charge in [-0.05, 0) is 11.6 Å². The number of ketones is 1. The molecule has 0 atom stereocenters. The van der Waals surface area contributed by atoms with Gasteiger partial charge >= 0.3 is 5.38 Å². The fourth-order valence-electron chi connectivity index (χ4n) is 0.578. The number of carbonyl (C=O) groups excluding carboxylic acids is 1. The van der Waals surface area contributed by atoms with E-state index in [1.807, 2.05) is 0 Å². The Bertz CT molecular complexity index is 334. The summed E-state index contributed by atoms with van der Waals surface area (Å²) in [6.45, 7) is 0. The number of halogens is 3. The summed E-state index contributed by atoms with van der Waals surface area (Å²) in [5, 5.41) is 0.904. The minimum absolute atomic E-state index is 0.506. The van der Waals surface area contributed by atoms with Crippen molar-refractivity contribution in [2.24, 2.45) is 0 Å². The first-order valence-electron chi connectivity index (χ1n) is 3.44. The number of nitrogens with zero attached hydrogens (tertiary/aromatic N) is 1. The largest absolute Gasteiger partial charge is 0.384 e. The third-order valence-electron chi connectivity index (χ3n) is 1.15. The summed E-state index contributed by atoms with van der Waals surface area (Å²) in [4.78, 5) is 14.4. The molecule has 0 saturated carbocycles. The normalized spacial score (nSPS) is 11.9. The zero-order chi connectivity index (χ0) is 10.6. The number of hydrogen-bond donors (Lipinski definition) is 1. The molecule has 76 valence electrons. The first-order valence-corrected chi connectivity index (χ1v) is 4.69. The van der Waals surface area contributed by atoms with Gasteiger partial charge in [-0.2, -0.15) is 8.78 Å². The Labute approximate surface area is 87.4 Å². The quantitative estimate of drug-likeness (QED) is 0.647. The van der Waals surface area contributed by atoms with Crippen LogP contribution in [0.5, 0.6) is 0 Å². The third kappa shape index (κ3) is 3.39. The Morgan fingerprint density at radius 2 is 2.43 bits per heavy atom. The minimum atomic E-state index is -3.85. The van der Waals surface area contributed by atoms with Gasteiger partial charge in [-0.3, -0.25) is 4.79 Å². The summed E-state index contributed by atoms with van der Waals surface area (Å²) < 4.78 is 24.2. The SMILES string of the molecule is O=C(/C=C/Nc1nccs1)C(F)(F)Cl. The van der Waals surface area contributed by atoms with Crippen molar-refractivity contribution in [2.45, 2.75) is 5.38 Å². The van der Waals surface area contributed by atoms with Crippen LogP contribution in [0.3, 0.4) is 0 Å². The highest BCUT2D eigenvalue weighted by Gasteiger charge is 2.33. The van der Waals surface area contributed by atoms with Crippen LogP contribution >= 0.6 is 22.9 Å². The fourth-order valence-corrected chi connectivity index (χ4v) is 1.15. The molecule has 0 saturated heterocycles. The highest BCUT2D eigenvalue weighted by Crippen LogP contribution is 2.20. The monoisotopic (exact) mass is 238 g/mol. The van der Waals surface area contributed by atoms with Crippen molar-refractivity contribution >= 4 is 33.9 Å². The zero-order valence-corrected chi connectivity index (χ0v) is 8.28. The molecule has 0 aliphatic carbocycles. The molecule has 0 unspecified atom stereocenters. The molecule has 14 heavy (non-hydrogen) atoms. The van der Waals surface area contributed by atoms with Crippen LogP contribution in [0.1, 0.15) is 0 Å². The second kappa shape index (κ2) is 4.47. The van der Waals surface area contributed by atoms with Crippen LogP contribution in [0, 0.1) is 0 Å². The lowest BCUT2D eigenvalue weighted by Crippen LogP contribution is -2.18. The molecule has 1 N–H and O–H groups in total. The second-order valence-electron chi connectivity index (χ2n) is 2.18. The van der Waals surface area contributed by atoms with Crippen LogP contribution in [0.25, 0.3) is 0 Å². The van der Waals surface area contributed by atoms with E-state index in [-0.39, 0.29) is 0 Å². The highest BCUT2D eigenvalue weighted by molar-refractivity contribution is 7.13. The van der Waals surface area contributed by atoms with E-state index >= 15 is 0 Å². The van der Waals surface area contributed by atoms with Crippen molar-refractivity contribution in [1.29, 1.82) is 0 Å². The number of anilines is 1. The molecule has 0 fully saturated rings. The summed E-state index contributed by atoms with van der Waals surface area (Å²) in [5.41, 5.74) is 0. The molecule has 1 rings (SSSR count). The van der Waals surface area contributed by atoms with Crippen LogP contribution in [0.15, 0.2) is 23.9 Å². The van der Waals surface area contributed by atoms with Crippen LogP contribution in [-0.2, 0) is 4.79 Å². The first kappa shape index (κ1) is 11.1. The maximum absolute atomic E-state index is 12.1. The molecule has 0 radical (unpaired) electrons. The Morgan fingerprint density at radius 1 is 1.71 bits per heavy atom. The number of allylic oxidation sites excluding steroid dienone is 1. The lowest BCUT2D eigenvalue weighted by molar-refractivity contribution is -0.128. The van der Waals surface area contributed by atoms with E-state index in [1.54, 1.807) is 11.6 Å². The van der Waals surface area contributed by atoms with Crippen molar-refractivity contribution in [3.63, 3.8) is 0 Å². The Hall–Kier alpha value is -1.01. The number of aromatic nitrogens is 1. The van der Waals surface area contributed by atoms with Gasteiger partial charge in [-0.1, -0.05) is 0 Å². The lowest BCUT2D eigenvalue weighted by Gasteiger charge is -2.00. The van der Waals surface area contributed by atoms with E-state index in [0.29, 0.717) is 11.2 Å². The Morgan fingerprint density at radius 3 is 2.93 bits per heavy atom. The smallest absolute Gasteiger partial charge is 0.338 e. The van der Waals surface area contributed by atoms with Gasteiger partial charge in [-0.15, -0.1) is 11.3 Å². The zero-order valence-electron chi connectivity index (χ0n) is 6.71. The number of hydrogen-bond acceptors (Lipinski definition) is 4. The van der Waals surface area contributed by atoms with Crippen LogP contribution < -0.4 is 5.32 Å². The maximum Gasteiger partial charge on any atom is 0.384 e. The molecule has 1 aromatic rings. The summed E-state index contributed by atoms with van der Waals surface area (Å²) in [6, 6.07) is 0. The van der Waals surface area contributed by atoms with Crippen LogP contribution in [0.2, 0.25) is 0 Å². The molecule has 0 spiro atoms. The Balaban J connectivity index is 2.46. The highest BCUT2D eigenvalue weighted by atomic mass is 35.5. The van der Waals surface area contributed by atoms with Gasteiger partial charge in [-0.25, -0.2) is 4.98 Å². The molecule has 0 aromatic carbocycles. The number of alkyl halides is 3. The average molecular weight is 239 g/mol. The van der Waals surface area contributed by atoms with Gasteiger partial charge in [0.1, 0.15) is 0 Å². The summed E-state index contributed by atoms with van der Waals surface area (Å²) in [5.74, 6) is -1.47. The van der Waals surface area contributed by atoms with Gasteiger partial charge in [0.05, 0.1) is 0 Å². The molecule has 0 bridgehead atoms. The molecule has 1 aromatic heterocycles. The summed E-state index contributed by atoms with van der Waals surface area (Å²) >= 11 is 5.75. The van der Waals surface area contributed by atoms with E-state index in [2.05, 4.69) is 21.9 Å². The van der Waals surface area contributed by atoms with E-state index in [4.69, 9.17) is 0 Å². The molecule has 0 aliphatic heterocycles. The minimum Gasteiger partial charge on any atom is -0.338 e. The van der Waals surface area contributed by atoms with Gasteiger partial charge in [0.2, 0.25) is 5.78 Å². The van der Waals surface area contributed by atoms with Crippen molar-refractivity contribution in [2.75, 3.05) is 5.32 Å². The number of carbonyl (C=O) groups is 1. The van der Waals surface area contributed by atoms with Gasteiger partial charge < -0.3 is 5.32 Å². The molecule has 7 heteroatoms. The standard InChI is InChI=1S/C7H5ClF2N2OS/c8-7(9,10)5(13)1-2-11-6-12-3-4-14-6/h1-4H,(H,11,12)/b2-1+. The van der Waals surface area contributed by atoms with Crippen molar-refractivity contribution < 1.29 is 13.6 Å². The van der Waals surface area contributed by atoms with E-state index < -0.39 is 11.2 Å². The molecular formula is C7H5ClF2N2OS. The van der Waals surface area contributed by atoms with E-state index in [1.165, 1.54) is 11.3 Å². The summed E-state index contributed by atoms with van der Waals surface area (Å²) in [6.07, 6.45) is 3.27. The fraction of sp³-hybridized carbons (Fsp3) is 0.143. The third-order valence-corrected chi connectivity index (χ3v) is 2.04.